The highest BCUT2D eigenvalue weighted by Crippen LogP contribution is 2.40. The van der Waals surface area contributed by atoms with Gasteiger partial charge in [-0.2, -0.15) is 0 Å². The van der Waals surface area contributed by atoms with Crippen LogP contribution < -0.4 is 9.47 Å². The Bertz CT molecular complexity index is 1180. The number of amides is 1. The molecule has 4 rings (SSSR count). The number of hydrogen-bond donors (Lipinski definition) is 1. The van der Waals surface area contributed by atoms with E-state index in [1.54, 1.807) is 35.5 Å². The third-order valence-electron chi connectivity index (χ3n) is 5.43. The van der Waals surface area contributed by atoms with Gasteiger partial charge in [0.1, 0.15) is 11.5 Å². The van der Waals surface area contributed by atoms with Crippen LogP contribution in [-0.4, -0.2) is 46.6 Å². The van der Waals surface area contributed by atoms with Gasteiger partial charge in [-0.25, -0.2) is 4.79 Å². The minimum absolute atomic E-state index is 0.157. The van der Waals surface area contributed by atoms with Crippen molar-refractivity contribution in [3.8, 4) is 11.5 Å². The van der Waals surface area contributed by atoms with Gasteiger partial charge >= 0.3 is 5.97 Å². The standard InChI is InChI=1S/C25H23ClN2O5/c1-16-10-19(13-27-12-16)32-14-23(29)28-9-8-17-4-2-3-5-20(17)25(28)21-11-18(26)6-7-22(21)33-15-24(30)31/h2-7,10-13,25H,8-9,14-15H2,1H3,(H,30,31). The SMILES string of the molecule is Cc1cncc(OCC(=O)N2CCc3ccccc3C2c2cc(Cl)ccc2OCC(=O)O)c1. The van der Waals surface area contributed by atoms with Crippen LogP contribution in [0.3, 0.4) is 0 Å². The summed E-state index contributed by atoms with van der Waals surface area (Å²) in [6.45, 7) is 1.72. The van der Waals surface area contributed by atoms with E-state index in [0.717, 1.165) is 16.7 Å². The third kappa shape index (κ3) is 5.26. The summed E-state index contributed by atoms with van der Waals surface area (Å²) in [6, 6.07) is 14.2. The summed E-state index contributed by atoms with van der Waals surface area (Å²) in [5, 5.41) is 9.55. The highest BCUT2D eigenvalue weighted by molar-refractivity contribution is 6.30. The van der Waals surface area contributed by atoms with Gasteiger partial charge in [-0.15, -0.1) is 0 Å². The van der Waals surface area contributed by atoms with Gasteiger partial charge in [0.25, 0.3) is 5.91 Å². The number of hydrogen-bond acceptors (Lipinski definition) is 5. The third-order valence-corrected chi connectivity index (χ3v) is 5.67. The molecule has 0 aliphatic carbocycles. The summed E-state index contributed by atoms with van der Waals surface area (Å²) in [4.78, 5) is 30.3. The van der Waals surface area contributed by atoms with Crippen LogP contribution in [0.15, 0.2) is 60.9 Å². The van der Waals surface area contributed by atoms with Gasteiger partial charge in [0.05, 0.1) is 12.2 Å². The van der Waals surface area contributed by atoms with Crippen molar-refractivity contribution in [1.82, 2.24) is 9.88 Å². The molecule has 33 heavy (non-hydrogen) atoms. The topological polar surface area (TPSA) is 89.0 Å². The fourth-order valence-electron chi connectivity index (χ4n) is 4.01. The first-order valence-corrected chi connectivity index (χ1v) is 10.9. The summed E-state index contributed by atoms with van der Waals surface area (Å²) in [5.41, 5.74) is 3.61. The van der Waals surface area contributed by atoms with Crippen molar-refractivity contribution in [2.24, 2.45) is 0 Å². The number of aryl methyl sites for hydroxylation is 1. The summed E-state index contributed by atoms with van der Waals surface area (Å²) < 4.78 is 11.3. The molecule has 0 saturated carbocycles. The molecule has 3 aromatic rings. The number of carbonyl (C=O) groups is 2. The smallest absolute Gasteiger partial charge is 0.341 e. The van der Waals surface area contributed by atoms with E-state index in [1.807, 2.05) is 37.3 Å². The van der Waals surface area contributed by atoms with Crippen molar-refractivity contribution in [2.45, 2.75) is 19.4 Å². The molecule has 0 bridgehead atoms. The molecule has 1 N–H and O–H groups in total. The molecule has 2 aromatic carbocycles. The van der Waals surface area contributed by atoms with E-state index in [-0.39, 0.29) is 12.5 Å². The molecule has 0 saturated heterocycles. The highest BCUT2D eigenvalue weighted by atomic mass is 35.5. The molecule has 1 atom stereocenters. The van der Waals surface area contributed by atoms with Crippen LogP contribution in [0.4, 0.5) is 0 Å². The average molecular weight is 467 g/mol. The normalized spacial score (nSPS) is 15.0. The van der Waals surface area contributed by atoms with E-state index in [9.17, 15) is 9.59 Å². The zero-order valence-corrected chi connectivity index (χ0v) is 18.8. The Balaban J connectivity index is 1.68. The number of nitrogens with zero attached hydrogens (tertiary/aromatic N) is 2. The van der Waals surface area contributed by atoms with Crippen LogP contribution in [0.2, 0.25) is 5.02 Å². The van der Waals surface area contributed by atoms with E-state index >= 15 is 0 Å². The van der Waals surface area contributed by atoms with Crippen LogP contribution in [0.5, 0.6) is 11.5 Å². The predicted octanol–water partition coefficient (Wildman–Crippen LogP) is 4.06. The maximum absolute atomic E-state index is 13.3. The van der Waals surface area contributed by atoms with E-state index in [2.05, 4.69) is 4.98 Å². The van der Waals surface area contributed by atoms with E-state index < -0.39 is 18.6 Å². The number of halogens is 1. The molecule has 1 aliphatic heterocycles. The van der Waals surface area contributed by atoms with E-state index in [0.29, 0.717) is 35.1 Å². The number of pyridine rings is 1. The molecule has 1 unspecified atom stereocenters. The number of ether oxygens (including phenoxy) is 2. The fourth-order valence-corrected chi connectivity index (χ4v) is 4.19. The quantitative estimate of drug-likeness (QED) is 0.565. The predicted molar refractivity (Wildman–Crippen MR) is 123 cm³/mol. The lowest BCUT2D eigenvalue weighted by Gasteiger charge is -2.38. The lowest BCUT2D eigenvalue weighted by atomic mass is 9.87. The van der Waals surface area contributed by atoms with Crippen molar-refractivity contribution in [3.05, 3.63) is 88.2 Å². The largest absolute Gasteiger partial charge is 0.482 e. The van der Waals surface area contributed by atoms with E-state index in [4.69, 9.17) is 26.2 Å². The molecule has 7 nitrogen and oxygen atoms in total. The molecular formula is C25H23ClN2O5. The molecule has 0 spiro atoms. The lowest BCUT2D eigenvalue weighted by Crippen LogP contribution is -2.43. The average Bonchev–Trinajstić information content (AvgIpc) is 2.81. The van der Waals surface area contributed by atoms with Gasteiger partial charge < -0.3 is 19.5 Å². The Morgan fingerprint density at radius 2 is 1.91 bits per heavy atom. The zero-order valence-electron chi connectivity index (χ0n) is 18.0. The molecule has 1 aliphatic rings. The van der Waals surface area contributed by atoms with Crippen molar-refractivity contribution in [3.63, 3.8) is 0 Å². The number of benzene rings is 2. The molecule has 8 heteroatoms. The maximum atomic E-state index is 13.3. The van der Waals surface area contributed by atoms with Crippen molar-refractivity contribution in [2.75, 3.05) is 19.8 Å². The molecule has 0 fully saturated rings. The van der Waals surface area contributed by atoms with Gasteiger partial charge in [-0.05, 0) is 54.3 Å². The van der Waals surface area contributed by atoms with Crippen LogP contribution in [0.25, 0.3) is 0 Å². The van der Waals surface area contributed by atoms with Crippen molar-refractivity contribution < 1.29 is 24.2 Å². The first kappa shape index (κ1) is 22.6. The number of rotatable bonds is 7. The minimum Gasteiger partial charge on any atom is -0.482 e. The number of carboxylic acids is 1. The van der Waals surface area contributed by atoms with E-state index in [1.165, 1.54) is 0 Å². The number of fused-ring (bicyclic) bond motifs is 1. The van der Waals surface area contributed by atoms with Crippen LogP contribution in [0, 0.1) is 6.92 Å². The molecule has 1 aromatic heterocycles. The van der Waals surface area contributed by atoms with Gasteiger partial charge in [0, 0.05) is 23.3 Å². The van der Waals surface area contributed by atoms with Crippen LogP contribution in [0.1, 0.15) is 28.3 Å². The fraction of sp³-hybridized carbons (Fsp3) is 0.240. The summed E-state index contributed by atoms with van der Waals surface area (Å²) in [7, 11) is 0. The van der Waals surface area contributed by atoms with Gasteiger partial charge in [-0.3, -0.25) is 9.78 Å². The summed E-state index contributed by atoms with van der Waals surface area (Å²) in [6.07, 6.45) is 3.97. The number of aliphatic carboxylic acids is 1. The number of carbonyl (C=O) groups excluding carboxylic acids is 1. The Kier molecular flexibility index (Phi) is 6.79. The number of carboxylic acid groups (broad SMARTS) is 1. The Morgan fingerprint density at radius 3 is 2.70 bits per heavy atom. The molecule has 0 radical (unpaired) electrons. The van der Waals surface area contributed by atoms with Crippen molar-refractivity contribution >= 4 is 23.5 Å². The second-order valence-electron chi connectivity index (χ2n) is 7.79. The van der Waals surface area contributed by atoms with Gasteiger partial charge in [0.15, 0.2) is 13.2 Å². The monoisotopic (exact) mass is 466 g/mol. The summed E-state index contributed by atoms with van der Waals surface area (Å²) >= 11 is 6.30. The molecule has 170 valence electrons. The highest BCUT2D eigenvalue weighted by Gasteiger charge is 2.34. The molecule has 2 heterocycles. The Hall–Kier alpha value is -3.58. The second-order valence-corrected chi connectivity index (χ2v) is 8.23. The second kappa shape index (κ2) is 9.92. The maximum Gasteiger partial charge on any atom is 0.341 e. The summed E-state index contributed by atoms with van der Waals surface area (Å²) in [5.74, 6) is -0.413. The molecular weight excluding hydrogens is 444 g/mol. The van der Waals surface area contributed by atoms with Gasteiger partial charge in [-0.1, -0.05) is 35.9 Å². The number of aromatic nitrogens is 1. The first-order valence-electron chi connectivity index (χ1n) is 10.5. The van der Waals surface area contributed by atoms with Crippen molar-refractivity contribution in [1.29, 1.82) is 0 Å². The van der Waals surface area contributed by atoms with Gasteiger partial charge in [0.2, 0.25) is 0 Å². The lowest BCUT2D eigenvalue weighted by molar-refractivity contribution is -0.139. The van der Waals surface area contributed by atoms with Crippen LogP contribution >= 0.6 is 11.6 Å². The Labute approximate surface area is 196 Å². The zero-order chi connectivity index (χ0) is 23.4. The first-order chi connectivity index (χ1) is 15.9. The Morgan fingerprint density at radius 1 is 1.09 bits per heavy atom. The molecule has 1 amide bonds. The van der Waals surface area contributed by atoms with Crippen LogP contribution in [-0.2, 0) is 16.0 Å². The minimum atomic E-state index is -1.09.